The van der Waals surface area contributed by atoms with Gasteiger partial charge < -0.3 is 14.8 Å². The first-order valence-electron chi connectivity index (χ1n) is 9.60. The van der Waals surface area contributed by atoms with Crippen molar-refractivity contribution >= 4 is 23.6 Å². The fourth-order valence-electron chi connectivity index (χ4n) is 2.63. The number of esters is 1. The molecule has 1 amide bonds. The molecule has 2 aromatic rings. The standard InChI is InChI=1S/C24H27NO4/c1-4-16-28-20-13-10-19(11-14-20)12-15-24(27)29-17-23(26)25-22-9-7-6-8-21(22)18(3)5-2/h4,6-15,18H,1,5,16-17H2,2-3H3,(H,25,26)/b15-12+/t18-/m0/s1. The minimum Gasteiger partial charge on any atom is -0.490 e. The second-order valence-corrected chi connectivity index (χ2v) is 6.55. The molecule has 1 N–H and O–H groups in total. The van der Waals surface area contributed by atoms with Crippen molar-refractivity contribution < 1.29 is 19.1 Å². The summed E-state index contributed by atoms with van der Waals surface area (Å²) in [6, 6.07) is 14.9. The molecule has 0 heterocycles. The summed E-state index contributed by atoms with van der Waals surface area (Å²) in [7, 11) is 0. The van der Waals surface area contributed by atoms with Crippen LogP contribution in [0.2, 0.25) is 0 Å². The summed E-state index contributed by atoms with van der Waals surface area (Å²) >= 11 is 0. The minimum atomic E-state index is -0.581. The molecule has 0 aliphatic rings. The number of carbonyl (C=O) groups is 2. The summed E-state index contributed by atoms with van der Waals surface area (Å²) in [6.45, 7) is 7.89. The fraction of sp³-hybridized carbons (Fsp3) is 0.250. The molecule has 0 aliphatic heterocycles. The monoisotopic (exact) mass is 393 g/mol. The van der Waals surface area contributed by atoms with Crippen molar-refractivity contribution in [1.29, 1.82) is 0 Å². The summed E-state index contributed by atoms with van der Waals surface area (Å²) in [5.74, 6) is 0.0954. The highest BCUT2D eigenvalue weighted by Crippen LogP contribution is 2.26. The zero-order valence-corrected chi connectivity index (χ0v) is 16.9. The Morgan fingerprint density at radius 3 is 2.55 bits per heavy atom. The third-order valence-electron chi connectivity index (χ3n) is 4.38. The molecule has 29 heavy (non-hydrogen) atoms. The van der Waals surface area contributed by atoms with E-state index in [1.54, 1.807) is 24.3 Å². The summed E-state index contributed by atoms with van der Waals surface area (Å²) in [6.07, 6.45) is 5.55. The van der Waals surface area contributed by atoms with Crippen LogP contribution in [0.5, 0.6) is 5.75 Å². The molecule has 0 bridgehead atoms. The molecule has 152 valence electrons. The van der Waals surface area contributed by atoms with Crippen LogP contribution in [0.4, 0.5) is 5.69 Å². The molecule has 0 fully saturated rings. The maximum atomic E-state index is 12.1. The number of amides is 1. The number of carbonyl (C=O) groups excluding carboxylic acids is 2. The topological polar surface area (TPSA) is 64.6 Å². The van der Waals surface area contributed by atoms with E-state index in [0.717, 1.165) is 29.0 Å². The van der Waals surface area contributed by atoms with Gasteiger partial charge in [0.25, 0.3) is 5.91 Å². The van der Waals surface area contributed by atoms with Crippen LogP contribution in [0.3, 0.4) is 0 Å². The highest BCUT2D eigenvalue weighted by molar-refractivity contribution is 5.95. The van der Waals surface area contributed by atoms with Crippen LogP contribution < -0.4 is 10.1 Å². The van der Waals surface area contributed by atoms with Gasteiger partial charge in [0.1, 0.15) is 12.4 Å². The van der Waals surface area contributed by atoms with E-state index in [2.05, 4.69) is 25.7 Å². The van der Waals surface area contributed by atoms with Crippen LogP contribution >= 0.6 is 0 Å². The highest BCUT2D eigenvalue weighted by atomic mass is 16.5. The summed E-state index contributed by atoms with van der Waals surface area (Å²) in [5, 5.41) is 2.82. The Morgan fingerprint density at radius 2 is 1.86 bits per heavy atom. The van der Waals surface area contributed by atoms with Gasteiger partial charge in [0.05, 0.1) is 0 Å². The lowest BCUT2D eigenvalue weighted by Crippen LogP contribution is -2.21. The zero-order valence-electron chi connectivity index (χ0n) is 16.9. The molecule has 0 unspecified atom stereocenters. The van der Waals surface area contributed by atoms with Gasteiger partial charge in [-0.25, -0.2) is 4.79 Å². The average molecular weight is 393 g/mol. The highest BCUT2D eigenvalue weighted by Gasteiger charge is 2.12. The van der Waals surface area contributed by atoms with Crippen molar-refractivity contribution in [2.75, 3.05) is 18.5 Å². The van der Waals surface area contributed by atoms with Gasteiger partial charge in [0, 0.05) is 11.8 Å². The van der Waals surface area contributed by atoms with E-state index in [0.29, 0.717) is 12.5 Å². The smallest absolute Gasteiger partial charge is 0.331 e. The molecule has 1 atom stereocenters. The van der Waals surface area contributed by atoms with Crippen molar-refractivity contribution in [3.8, 4) is 5.75 Å². The van der Waals surface area contributed by atoms with E-state index >= 15 is 0 Å². The summed E-state index contributed by atoms with van der Waals surface area (Å²) < 4.78 is 10.4. The first-order chi connectivity index (χ1) is 14.0. The Balaban J connectivity index is 1.84. The van der Waals surface area contributed by atoms with E-state index in [-0.39, 0.29) is 12.5 Å². The molecule has 0 aliphatic carbocycles. The van der Waals surface area contributed by atoms with Crippen LogP contribution in [-0.4, -0.2) is 25.1 Å². The molecular formula is C24H27NO4. The normalized spacial score (nSPS) is 11.7. The van der Waals surface area contributed by atoms with E-state index in [9.17, 15) is 9.59 Å². The number of hydrogen-bond donors (Lipinski definition) is 1. The number of anilines is 1. The van der Waals surface area contributed by atoms with Gasteiger partial charge in [0.2, 0.25) is 0 Å². The molecule has 0 saturated heterocycles. The fourth-order valence-corrected chi connectivity index (χ4v) is 2.63. The Morgan fingerprint density at radius 1 is 1.14 bits per heavy atom. The molecule has 5 heteroatoms. The maximum Gasteiger partial charge on any atom is 0.331 e. The Labute approximate surface area is 172 Å². The predicted molar refractivity (Wildman–Crippen MR) is 116 cm³/mol. The van der Waals surface area contributed by atoms with Gasteiger partial charge in [-0.2, -0.15) is 0 Å². The molecular weight excluding hydrogens is 366 g/mol. The number of nitrogens with one attached hydrogen (secondary N) is 1. The van der Waals surface area contributed by atoms with Crippen molar-refractivity contribution in [2.24, 2.45) is 0 Å². The van der Waals surface area contributed by atoms with Crippen LogP contribution in [0, 0.1) is 0 Å². The van der Waals surface area contributed by atoms with Crippen LogP contribution in [0.1, 0.15) is 37.3 Å². The summed E-state index contributed by atoms with van der Waals surface area (Å²) in [5.41, 5.74) is 2.63. The van der Waals surface area contributed by atoms with Crippen LogP contribution in [0.15, 0.2) is 67.3 Å². The molecule has 5 nitrogen and oxygen atoms in total. The van der Waals surface area contributed by atoms with E-state index in [4.69, 9.17) is 9.47 Å². The molecule has 0 saturated carbocycles. The Bertz CT molecular complexity index is 855. The average Bonchev–Trinajstić information content (AvgIpc) is 2.75. The van der Waals surface area contributed by atoms with Gasteiger partial charge >= 0.3 is 5.97 Å². The van der Waals surface area contributed by atoms with Gasteiger partial charge in [-0.05, 0) is 47.7 Å². The van der Waals surface area contributed by atoms with Gasteiger partial charge in [-0.15, -0.1) is 0 Å². The Hall–Kier alpha value is -3.34. The minimum absolute atomic E-state index is 0.325. The van der Waals surface area contributed by atoms with Gasteiger partial charge in [0.15, 0.2) is 6.61 Å². The third kappa shape index (κ3) is 7.30. The zero-order chi connectivity index (χ0) is 21.1. The van der Waals surface area contributed by atoms with Crippen LogP contribution in [0.25, 0.3) is 6.08 Å². The number of benzene rings is 2. The van der Waals surface area contributed by atoms with E-state index < -0.39 is 5.97 Å². The lowest BCUT2D eigenvalue weighted by Gasteiger charge is -2.15. The lowest BCUT2D eigenvalue weighted by atomic mass is 9.97. The Kier molecular flexibility index (Phi) is 8.70. The van der Waals surface area contributed by atoms with Crippen LogP contribution in [-0.2, 0) is 14.3 Å². The molecule has 2 rings (SSSR count). The number of hydrogen-bond acceptors (Lipinski definition) is 4. The number of para-hydroxylation sites is 1. The molecule has 0 spiro atoms. The lowest BCUT2D eigenvalue weighted by molar-refractivity contribution is -0.142. The molecule has 0 radical (unpaired) electrons. The van der Waals surface area contributed by atoms with Crippen molar-refractivity contribution in [3.05, 3.63) is 78.4 Å². The first-order valence-corrected chi connectivity index (χ1v) is 9.60. The first kappa shape index (κ1) is 22.0. The SMILES string of the molecule is C=CCOc1ccc(/C=C/C(=O)OCC(=O)Nc2ccccc2[C@@H](C)CC)cc1. The number of ether oxygens (including phenoxy) is 2. The van der Waals surface area contributed by atoms with Gasteiger partial charge in [-0.1, -0.05) is 56.8 Å². The van der Waals surface area contributed by atoms with Gasteiger partial charge in [-0.3, -0.25) is 4.79 Å². The van der Waals surface area contributed by atoms with Crippen molar-refractivity contribution in [3.63, 3.8) is 0 Å². The van der Waals surface area contributed by atoms with Crippen molar-refractivity contribution in [2.45, 2.75) is 26.2 Å². The summed E-state index contributed by atoms with van der Waals surface area (Å²) in [4.78, 5) is 24.0. The van der Waals surface area contributed by atoms with E-state index in [1.165, 1.54) is 6.08 Å². The predicted octanol–water partition coefficient (Wildman–Crippen LogP) is 4.96. The maximum absolute atomic E-state index is 12.1. The quantitative estimate of drug-likeness (QED) is 0.352. The third-order valence-corrected chi connectivity index (χ3v) is 4.38. The largest absolute Gasteiger partial charge is 0.490 e. The van der Waals surface area contributed by atoms with Crippen molar-refractivity contribution in [1.82, 2.24) is 0 Å². The second-order valence-electron chi connectivity index (χ2n) is 6.55. The number of rotatable bonds is 10. The molecule has 0 aromatic heterocycles. The second kappa shape index (κ2) is 11.5. The molecule has 2 aromatic carbocycles. The van der Waals surface area contributed by atoms with E-state index in [1.807, 2.05) is 36.4 Å².